The van der Waals surface area contributed by atoms with Crippen molar-refractivity contribution in [1.29, 1.82) is 0 Å². The third-order valence-corrected chi connectivity index (χ3v) is 5.64. The molecule has 30 heavy (non-hydrogen) atoms. The van der Waals surface area contributed by atoms with Gasteiger partial charge in [-0.3, -0.25) is 4.79 Å². The van der Waals surface area contributed by atoms with Crippen LogP contribution in [0.2, 0.25) is 0 Å². The van der Waals surface area contributed by atoms with Gasteiger partial charge in [0, 0.05) is 19.1 Å². The summed E-state index contributed by atoms with van der Waals surface area (Å²) in [6.07, 6.45) is 3.64. The summed E-state index contributed by atoms with van der Waals surface area (Å²) in [5.41, 5.74) is -0.129. The van der Waals surface area contributed by atoms with Crippen LogP contribution < -0.4 is 20.9 Å². The maximum Gasteiger partial charge on any atom is 0.416 e. The number of carbonyl (C=O) groups excluding carboxylic acids is 2. The molecule has 0 unspecified atom stereocenters. The van der Waals surface area contributed by atoms with Crippen LogP contribution in [0.5, 0.6) is 0 Å². The van der Waals surface area contributed by atoms with E-state index in [1.807, 2.05) is 4.90 Å². The Morgan fingerprint density at radius 3 is 2.33 bits per heavy atom. The van der Waals surface area contributed by atoms with Gasteiger partial charge in [-0.05, 0) is 50.3 Å². The average molecular weight is 426 g/mol. The van der Waals surface area contributed by atoms with Gasteiger partial charge in [-0.1, -0.05) is 19.3 Å². The third kappa shape index (κ3) is 6.27. The highest BCUT2D eigenvalue weighted by molar-refractivity contribution is 5.97. The number of anilines is 2. The van der Waals surface area contributed by atoms with Crippen LogP contribution in [0.3, 0.4) is 0 Å². The summed E-state index contributed by atoms with van der Waals surface area (Å²) >= 11 is 0. The molecule has 3 N–H and O–H groups in total. The van der Waals surface area contributed by atoms with Gasteiger partial charge in [0.25, 0.3) is 0 Å². The number of rotatable bonds is 5. The van der Waals surface area contributed by atoms with Crippen molar-refractivity contribution in [2.24, 2.45) is 0 Å². The number of hydrogen-bond acceptors (Lipinski definition) is 3. The number of halogens is 3. The monoisotopic (exact) mass is 426 g/mol. The van der Waals surface area contributed by atoms with Crippen molar-refractivity contribution in [2.45, 2.75) is 63.6 Å². The van der Waals surface area contributed by atoms with Crippen molar-refractivity contribution in [2.75, 3.05) is 29.9 Å². The van der Waals surface area contributed by atoms with Crippen molar-refractivity contribution in [1.82, 2.24) is 10.6 Å². The normalized spacial score (nSPS) is 18.0. The Bertz CT molecular complexity index is 742. The summed E-state index contributed by atoms with van der Waals surface area (Å²) in [6, 6.07) is 3.08. The van der Waals surface area contributed by atoms with E-state index in [2.05, 4.69) is 16.0 Å². The van der Waals surface area contributed by atoms with E-state index in [4.69, 9.17) is 0 Å². The van der Waals surface area contributed by atoms with Crippen LogP contribution in [0, 0.1) is 0 Å². The summed E-state index contributed by atoms with van der Waals surface area (Å²) in [5.74, 6) is -0.564. The van der Waals surface area contributed by atoms with Crippen LogP contribution in [-0.2, 0) is 11.0 Å². The summed E-state index contributed by atoms with van der Waals surface area (Å²) < 4.78 is 39.5. The predicted octanol–water partition coefficient (Wildman–Crippen LogP) is 4.27. The van der Waals surface area contributed by atoms with Crippen LogP contribution in [0.1, 0.15) is 56.9 Å². The zero-order valence-corrected chi connectivity index (χ0v) is 17.0. The molecule has 1 aliphatic carbocycles. The first-order valence-corrected chi connectivity index (χ1v) is 10.6. The minimum absolute atomic E-state index is 0.107. The summed E-state index contributed by atoms with van der Waals surface area (Å²) in [5, 5.41) is 7.90. The maximum absolute atomic E-state index is 13.2. The largest absolute Gasteiger partial charge is 0.416 e. The van der Waals surface area contributed by atoms with Crippen molar-refractivity contribution < 1.29 is 22.8 Å². The highest BCUT2D eigenvalue weighted by Gasteiger charge is 2.32. The summed E-state index contributed by atoms with van der Waals surface area (Å²) in [7, 11) is 0. The molecular weight excluding hydrogens is 397 g/mol. The van der Waals surface area contributed by atoms with Gasteiger partial charge in [0.2, 0.25) is 5.91 Å². The molecule has 166 valence electrons. The minimum atomic E-state index is -4.50. The van der Waals surface area contributed by atoms with E-state index in [-0.39, 0.29) is 18.3 Å². The van der Waals surface area contributed by atoms with Gasteiger partial charge in [0.15, 0.2) is 0 Å². The summed E-state index contributed by atoms with van der Waals surface area (Å²) in [4.78, 5) is 26.3. The van der Waals surface area contributed by atoms with Crippen LogP contribution in [0.15, 0.2) is 18.2 Å². The lowest BCUT2D eigenvalue weighted by atomic mass is 9.96. The number of nitrogens with zero attached hydrogens (tertiary/aromatic N) is 1. The van der Waals surface area contributed by atoms with Crippen LogP contribution >= 0.6 is 0 Å². The highest BCUT2D eigenvalue weighted by atomic mass is 19.4. The molecule has 1 saturated heterocycles. The molecule has 9 heteroatoms. The van der Waals surface area contributed by atoms with Gasteiger partial charge >= 0.3 is 12.2 Å². The number of amides is 3. The molecule has 0 aromatic heterocycles. The first-order chi connectivity index (χ1) is 14.3. The molecule has 3 rings (SSSR count). The van der Waals surface area contributed by atoms with Crippen LogP contribution in [0.4, 0.5) is 29.3 Å². The smallest absolute Gasteiger partial charge is 0.370 e. The predicted molar refractivity (Wildman–Crippen MR) is 110 cm³/mol. The second-order valence-corrected chi connectivity index (χ2v) is 7.99. The quantitative estimate of drug-likeness (QED) is 0.659. The number of carbonyl (C=O) groups is 2. The molecule has 1 aromatic rings. The Hall–Kier alpha value is -2.45. The molecule has 0 radical (unpaired) electrons. The number of urea groups is 1. The van der Waals surface area contributed by atoms with Gasteiger partial charge in [-0.2, -0.15) is 13.2 Å². The average Bonchev–Trinajstić information content (AvgIpc) is 2.73. The Labute approximate surface area is 174 Å². The lowest BCUT2D eigenvalue weighted by molar-refractivity contribution is -0.137. The van der Waals surface area contributed by atoms with Crippen molar-refractivity contribution in [3.8, 4) is 0 Å². The van der Waals surface area contributed by atoms with Crippen molar-refractivity contribution in [3.05, 3.63) is 23.8 Å². The van der Waals surface area contributed by atoms with Gasteiger partial charge in [0.05, 0.1) is 23.5 Å². The Morgan fingerprint density at radius 2 is 1.67 bits per heavy atom. The van der Waals surface area contributed by atoms with Crippen LogP contribution in [0.25, 0.3) is 0 Å². The first kappa shape index (κ1) is 22.2. The number of hydrogen-bond donors (Lipinski definition) is 3. The zero-order chi connectivity index (χ0) is 21.6. The molecule has 1 aliphatic heterocycles. The van der Waals surface area contributed by atoms with E-state index in [0.717, 1.165) is 70.2 Å². The standard InChI is InChI=1S/C21H29F3N4O2/c22-21(23,24)15-9-10-18(28-11-5-2-6-12-28)17(13-15)27-19(29)14-25-20(30)26-16-7-3-1-4-8-16/h9-10,13,16H,1-8,11-12,14H2,(H,27,29)(H2,25,26,30). The van der Waals surface area contributed by atoms with E-state index < -0.39 is 23.7 Å². The number of piperidine rings is 1. The van der Waals surface area contributed by atoms with Crippen LogP contribution in [-0.4, -0.2) is 37.6 Å². The fourth-order valence-corrected chi connectivity index (χ4v) is 4.06. The molecule has 1 saturated carbocycles. The number of alkyl halides is 3. The molecule has 2 aliphatic rings. The molecule has 1 heterocycles. The second kappa shape index (κ2) is 10.0. The lowest BCUT2D eigenvalue weighted by Crippen LogP contribution is -2.45. The van der Waals surface area contributed by atoms with Gasteiger partial charge in [-0.25, -0.2) is 4.79 Å². The molecule has 3 amide bonds. The highest BCUT2D eigenvalue weighted by Crippen LogP contribution is 2.36. The van der Waals surface area contributed by atoms with E-state index in [1.165, 1.54) is 12.5 Å². The van der Waals surface area contributed by atoms with Gasteiger partial charge < -0.3 is 20.9 Å². The Kier molecular flexibility index (Phi) is 7.44. The van der Waals surface area contributed by atoms with Crippen molar-refractivity contribution >= 4 is 23.3 Å². The van der Waals surface area contributed by atoms with E-state index >= 15 is 0 Å². The fraction of sp³-hybridized carbons (Fsp3) is 0.619. The Balaban J connectivity index is 1.62. The first-order valence-electron chi connectivity index (χ1n) is 10.6. The minimum Gasteiger partial charge on any atom is -0.370 e. The molecule has 0 bridgehead atoms. The number of nitrogens with one attached hydrogen (secondary N) is 3. The molecule has 6 nitrogen and oxygen atoms in total. The zero-order valence-electron chi connectivity index (χ0n) is 17.0. The second-order valence-electron chi connectivity index (χ2n) is 7.99. The van der Waals surface area contributed by atoms with Gasteiger partial charge in [-0.15, -0.1) is 0 Å². The van der Waals surface area contributed by atoms with E-state index in [0.29, 0.717) is 5.69 Å². The van der Waals surface area contributed by atoms with Crippen molar-refractivity contribution in [3.63, 3.8) is 0 Å². The lowest BCUT2D eigenvalue weighted by Gasteiger charge is -2.31. The van der Waals surface area contributed by atoms with E-state index in [9.17, 15) is 22.8 Å². The topological polar surface area (TPSA) is 73.5 Å². The molecular formula is C21H29F3N4O2. The number of benzene rings is 1. The fourth-order valence-electron chi connectivity index (χ4n) is 4.06. The third-order valence-electron chi connectivity index (χ3n) is 5.64. The Morgan fingerprint density at radius 1 is 1.00 bits per heavy atom. The summed E-state index contributed by atoms with van der Waals surface area (Å²) in [6.45, 7) is 1.15. The van der Waals surface area contributed by atoms with Gasteiger partial charge in [0.1, 0.15) is 0 Å². The molecule has 0 spiro atoms. The SMILES string of the molecule is O=C(CNC(=O)NC1CCCCC1)Nc1cc(C(F)(F)F)ccc1N1CCCCC1. The molecule has 2 fully saturated rings. The van der Waals surface area contributed by atoms with E-state index in [1.54, 1.807) is 0 Å². The molecule has 0 atom stereocenters. The molecule has 1 aromatic carbocycles. The maximum atomic E-state index is 13.2.